The zero-order chi connectivity index (χ0) is 12.9. The van der Waals surface area contributed by atoms with Crippen molar-refractivity contribution in [2.24, 2.45) is 5.73 Å². The normalized spacial score (nSPS) is 13.5. The summed E-state index contributed by atoms with van der Waals surface area (Å²) in [5.74, 6) is 0.893. The van der Waals surface area contributed by atoms with E-state index in [0.717, 1.165) is 5.75 Å². The summed E-state index contributed by atoms with van der Waals surface area (Å²) in [7, 11) is 0. The van der Waals surface area contributed by atoms with Crippen LogP contribution in [0.5, 0.6) is 5.75 Å². The van der Waals surface area contributed by atoms with Crippen LogP contribution in [0.4, 0.5) is 0 Å². The number of nitrogens with two attached hydrogens (primary N) is 1. The van der Waals surface area contributed by atoms with Crippen molar-refractivity contribution in [3.8, 4) is 5.75 Å². The van der Waals surface area contributed by atoms with E-state index in [1.54, 1.807) is 0 Å². The summed E-state index contributed by atoms with van der Waals surface area (Å²) >= 11 is 0. The molecule has 0 aromatic heterocycles. The fourth-order valence-corrected chi connectivity index (χ4v) is 1.63. The maximum Gasteiger partial charge on any atom is 0.123 e. The summed E-state index contributed by atoms with van der Waals surface area (Å²) in [6.07, 6.45) is 0.0893. The van der Waals surface area contributed by atoms with Gasteiger partial charge in [0.15, 0.2) is 0 Å². The first-order chi connectivity index (χ1) is 7.95. The summed E-state index contributed by atoms with van der Waals surface area (Å²) in [5, 5.41) is 9.36. The van der Waals surface area contributed by atoms with E-state index in [9.17, 15) is 5.11 Å². The molecule has 0 fully saturated rings. The Labute approximate surface area is 104 Å². The molecule has 1 unspecified atom stereocenters. The third-order valence-corrected chi connectivity index (χ3v) is 2.68. The highest BCUT2D eigenvalue weighted by Crippen LogP contribution is 2.30. The Morgan fingerprint density at radius 1 is 1.29 bits per heavy atom. The number of hydrogen-bond acceptors (Lipinski definition) is 3. The van der Waals surface area contributed by atoms with Crippen LogP contribution in [-0.4, -0.2) is 24.4 Å². The minimum Gasteiger partial charge on any atom is -0.493 e. The quantitative estimate of drug-likeness (QED) is 0.824. The van der Waals surface area contributed by atoms with Gasteiger partial charge in [-0.2, -0.15) is 0 Å². The maximum absolute atomic E-state index is 9.36. The maximum atomic E-state index is 9.36. The van der Waals surface area contributed by atoms with Gasteiger partial charge in [-0.1, -0.05) is 39.0 Å². The zero-order valence-electron chi connectivity index (χ0n) is 10.9. The smallest absolute Gasteiger partial charge is 0.123 e. The number of aliphatic hydroxyl groups is 1. The van der Waals surface area contributed by atoms with Crippen molar-refractivity contribution in [2.45, 2.75) is 38.7 Å². The first-order valence-electron chi connectivity index (χ1n) is 6.05. The standard InChI is InChI=1S/C14H23NO2/c1-14(2,3)12-6-4-5-7-13(12)17-9-8-11(16)10-15/h4-7,11,16H,8-10,15H2,1-3H3. The van der Waals surface area contributed by atoms with Crippen molar-refractivity contribution in [1.82, 2.24) is 0 Å². The van der Waals surface area contributed by atoms with Crippen LogP contribution in [0.2, 0.25) is 0 Å². The minimum absolute atomic E-state index is 0.0586. The second-order valence-electron chi connectivity index (χ2n) is 5.27. The summed E-state index contributed by atoms with van der Waals surface area (Å²) in [6.45, 7) is 7.24. The van der Waals surface area contributed by atoms with Gasteiger partial charge in [-0.05, 0) is 17.0 Å². The number of ether oxygens (including phenoxy) is 1. The molecule has 3 heteroatoms. The van der Waals surface area contributed by atoms with Gasteiger partial charge in [0, 0.05) is 13.0 Å². The fraction of sp³-hybridized carbons (Fsp3) is 0.571. The lowest BCUT2D eigenvalue weighted by atomic mass is 9.86. The minimum atomic E-state index is -0.475. The van der Waals surface area contributed by atoms with E-state index in [-0.39, 0.29) is 12.0 Å². The number of rotatable bonds is 5. The SMILES string of the molecule is CC(C)(C)c1ccccc1OCCC(O)CN. The second-order valence-corrected chi connectivity index (χ2v) is 5.27. The Bertz CT molecular complexity index is 344. The Hall–Kier alpha value is -1.06. The third kappa shape index (κ3) is 4.36. The molecule has 3 nitrogen and oxygen atoms in total. The van der Waals surface area contributed by atoms with Crippen molar-refractivity contribution in [3.63, 3.8) is 0 Å². The van der Waals surface area contributed by atoms with Crippen LogP contribution in [0.1, 0.15) is 32.8 Å². The van der Waals surface area contributed by atoms with E-state index in [0.29, 0.717) is 13.0 Å². The van der Waals surface area contributed by atoms with Gasteiger partial charge in [-0.15, -0.1) is 0 Å². The monoisotopic (exact) mass is 237 g/mol. The molecule has 3 N–H and O–H groups in total. The van der Waals surface area contributed by atoms with E-state index in [4.69, 9.17) is 10.5 Å². The molecular weight excluding hydrogens is 214 g/mol. The van der Waals surface area contributed by atoms with Crippen LogP contribution in [0.3, 0.4) is 0 Å². The average molecular weight is 237 g/mol. The van der Waals surface area contributed by atoms with Gasteiger partial charge < -0.3 is 15.6 Å². The second kappa shape index (κ2) is 6.03. The fourth-order valence-electron chi connectivity index (χ4n) is 1.63. The Morgan fingerprint density at radius 3 is 2.53 bits per heavy atom. The lowest BCUT2D eigenvalue weighted by molar-refractivity contribution is 0.145. The molecule has 1 atom stereocenters. The Balaban J connectivity index is 2.65. The zero-order valence-corrected chi connectivity index (χ0v) is 10.9. The predicted molar refractivity (Wildman–Crippen MR) is 70.3 cm³/mol. The number of hydrogen-bond donors (Lipinski definition) is 2. The Morgan fingerprint density at radius 2 is 1.94 bits per heavy atom. The molecule has 0 spiro atoms. The third-order valence-electron chi connectivity index (χ3n) is 2.68. The van der Waals surface area contributed by atoms with Gasteiger partial charge in [0.25, 0.3) is 0 Å². The largest absolute Gasteiger partial charge is 0.493 e. The summed E-state index contributed by atoms with van der Waals surface area (Å²) in [4.78, 5) is 0. The molecule has 0 heterocycles. The van der Waals surface area contributed by atoms with Crippen LogP contribution in [0, 0.1) is 0 Å². The van der Waals surface area contributed by atoms with Gasteiger partial charge in [0.2, 0.25) is 0 Å². The predicted octanol–water partition coefficient (Wildman–Crippen LogP) is 2.07. The van der Waals surface area contributed by atoms with Gasteiger partial charge in [0.1, 0.15) is 5.75 Å². The van der Waals surface area contributed by atoms with Crippen LogP contribution in [0.15, 0.2) is 24.3 Å². The summed E-state index contributed by atoms with van der Waals surface area (Å²) in [5.41, 5.74) is 6.59. The van der Waals surface area contributed by atoms with Gasteiger partial charge >= 0.3 is 0 Å². The van der Waals surface area contributed by atoms with Crippen LogP contribution < -0.4 is 10.5 Å². The van der Waals surface area contributed by atoms with Crippen LogP contribution in [0.25, 0.3) is 0 Å². The topological polar surface area (TPSA) is 55.5 Å². The summed E-state index contributed by atoms with van der Waals surface area (Å²) < 4.78 is 5.72. The van der Waals surface area contributed by atoms with Gasteiger partial charge in [-0.3, -0.25) is 0 Å². The molecule has 96 valence electrons. The highest BCUT2D eigenvalue weighted by Gasteiger charge is 2.18. The molecule has 0 bridgehead atoms. The molecule has 1 aromatic rings. The highest BCUT2D eigenvalue weighted by molar-refractivity contribution is 5.38. The molecule has 0 aliphatic heterocycles. The first-order valence-corrected chi connectivity index (χ1v) is 6.05. The van der Waals surface area contributed by atoms with E-state index in [1.807, 2.05) is 18.2 Å². The molecule has 0 radical (unpaired) electrons. The van der Waals surface area contributed by atoms with Crippen LogP contribution >= 0.6 is 0 Å². The molecule has 0 amide bonds. The van der Waals surface area contributed by atoms with E-state index in [2.05, 4.69) is 26.8 Å². The highest BCUT2D eigenvalue weighted by atomic mass is 16.5. The van der Waals surface area contributed by atoms with E-state index >= 15 is 0 Å². The van der Waals surface area contributed by atoms with E-state index < -0.39 is 6.10 Å². The van der Waals surface area contributed by atoms with Crippen molar-refractivity contribution in [3.05, 3.63) is 29.8 Å². The molecule has 1 rings (SSSR count). The number of benzene rings is 1. The van der Waals surface area contributed by atoms with Gasteiger partial charge in [0.05, 0.1) is 12.7 Å². The van der Waals surface area contributed by atoms with E-state index in [1.165, 1.54) is 5.56 Å². The van der Waals surface area contributed by atoms with Crippen molar-refractivity contribution < 1.29 is 9.84 Å². The Kier molecular flexibility index (Phi) is 4.97. The molecule has 0 saturated carbocycles. The van der Waals surface area contributed by atoms with Crippen molar-refractivity contribution in [1.29, 1.82) is 0 Å². The lowest BCUT2D eigenvalue weighted by Crippen LogP contribution is -2.22. The number of para-hydroxylation sites is 1. The van der Waals surface area contributed by atoms with Crippen molar-refractivity contribution in [2.75, 3.05) is 13.2 Å². The van der Waals surface area contributed by atoms with Crippen LogP contribution in [-0.2, 0) is 5.41 Å². The van der Waals surface area contributed by atoms with Crippen molar-refractivity contribution >= 4 is 0 Å². The molecule has 17 heavy (non-hydrogen) atoms. The molecule has 0 saturated heterocycles. The van der Waals surface area contributed by atoms with Gasteiger partial charge in [-0.25, -0.2) is 0 Å². The lowest BCUT2D eigenvalue weighted by Gasteiger charge is -2.22. The summed E-state index contributed by atoms with van der Waals surface area (Å²) in [6, 6.07) is 8.02. The molecular formula is C14H23NO2. The number of aliphatic hydroxyl groups excluding tert-OH is 1. The first kappa shape index (κ1) is 14.0. The average Bonchev–Trinajstić information content (AvgIpc) is 2.28. The molecule has 0 aliphatic rings. The molecule has 0 aliphatic carbocycles. The molecule has 1 aromatic carbocycles.